The van der Waals surface area contributed by atoms with E-state index in [2.05, 4.69) is 0 Å². The van der Waals surface area contributed by atoms with Gasteiger partial charge in [0.2, 0.25) is 0 Å². The molecule has 0 spiro atoms. The number of hydrogen-bond donors (Lipinski definition) is 1. The molecule has 0 unspecified atom stereocenters. The smallest absolute Gasteiger partial charge is 0.303 e. The van der Waals surface area contributed by atoms with Crippen molar-refractivity contribution in [2.75, 3.05) is 13.4 Å². The van der Waals surface area contributed by atoms with Gasteiger partial charge in [0, 0.05) is 12.7 Å². The first-order chi connectivity index (χ1) is 8.34. The highest BCUT2D eigenvalue weighted by molar-refractivity contribution is 7.90. The number of carboxylic acids is 1. The van der Waals surface area contributed by atoms with Gasteiger partial charge in [-0.15, -0.1) is 0 Å². The van der Waals surface area contributed by atoms with Gasteiger partial charge in [0.15, 0.2) is 9.84 Å². The number of carbonyl (C=O) groups is 1. The number of aryl methyl sites for hydroxylation is 1. The van der Waals surface area contributed by atoms with Crippen LogP contribution in [-0.4, -0.2) is 32.9 Å². The van der Waals surface area contributed by atoms with Gasteiger partial charge in [0.05, 0.1) is 12.0 Å². The largest absolute Gasteiger partial charge is 0.496 e. The van der Waals surface area contributed by atoms with Crippen molar-refractivity contribution in [2.45, 2.75) is 24.2 Å². The summed E-state index contributed by atoms with van der Waals surface area (Å²) >= 11 is 0. The average Bonchev–Trinajstić information content (AvgIpc) is 2.27. The summed E-state index contributed by atoms with van der Waals surface area (Å²) in [4.78, 5) is 10.7. The number of ether oxygens (including phenoxy) is 1. The summed E-state index contributed by atoms with van der Waals surface area (Å²) in [5, 5.41) is 8.57. The molecule has 0 fully saturated rings. The van der Waals surface area contributed by atoms with Crippen molar-refractivity contribution < 1.29 is 23.1 Å². The fraction of sp³-hybridized carbons (Fsp3) is 0.417. The van der Waals surface area contributed by atoms with E-state index in [-0.39, 0.29) is 11.3 Å². The van der Waals surface area contributed by atoms with Crippen LogP contribution in [0.25, 0.3) is 0 Å². The van der Waals surface area contributed by atoms with Gasteiger partial charge in [-0.1, -0.05) is 0 Å². The van der Waals surface area contributed by atoms with Gasteiger partial charge >= 0.3 is 5.97 Å². The first kappa shape index (κ1) is 14.5. The van der Waals surface area contributed by atoms with Crippen molar-refractivity contribution in [2.24, 2.45) is 0 Å². The maximum Gasteiger partial charge on any atom is 0.303 e. The normalized spacial score (nSPS) is 11.2. The molecule has 100 valence electrons. The summed E-state index contributed by atoms with van der Waals surface area (Å²) < 4.78 is 28.0. The SMILES string of the molecule is COc1ccc(S(C)(=O)=O)cc1CCCC(=O)O. The van der Waals surface area contributed by atoms with Crippen molar-refractivity contribution in [3.05, 3.63) is 23.8 Å². The first-order valence-electron chi connectivity index (χ1n) is 5.43. The van der Waals surface area contributed by atoms with Crippen LogP contribution in [0.1, 0.15) is 18.4 Å². The van der Waals surface area contributed by atoms with E-state index in [1.807, 2.05) is 0 Å². The molecular formula is C12H16O5S. The third-order valence-electron chi connectivity index (χ3n) is 2.52. The Hall–Kier alpha value is -1.56. The summed E-state index contributed by atoms with van der Waals surface area (Å²) in [6, 6.07) is 4.61. The molecule has 0 bridgehead atoms. The molecule has 5 nitrogen and oxygen atoms in total. The van der Waals surface area contributed by atoms with Crippen molar-refractivity contribution in [1.82, 2.24) is 0 Å². The Morgan fingerprint density at radius 1 is 1.39 bits per heavy atom. The summed E-state index contributed by atoms with van der Waals surface area (Å²) in [7, 11) is -1.77. The van der Waals surface area contributed by atoms with Crippen LogP contribution in [0.2, 0.25) is 0 Å². The Balaban J connectivity index is 2.96. The number of rotatable bonds is 6. The lowest BCUT2D eigenvalue weighted by molar-refractivity contribution is -0.137. The van der Waals surface area contributed by atoms with Crippen LogP contribution in [-0.2, 0) is 21.1 Å². The summed E-state index contributed by atoms with van der Waals surface area (Å²) in [6.45, 7) is 0. The van der Waals surface area contributed by atoms with Crippen molar-refractivity contribution in [3.63, 3.8) is 0 Å². The van der Waals surface area contributed by atoms with E-state index in [1.165, 1.54) is 19.2 Å². The van der Waals surface area contributed by atoms with Crippen molar-refractivity contribution in [1.29, 1.82) is 0 Å². The van der Waals surface area contributed by atoms with E-state index in [1.54, 1.807) is 6.07 Å². The minimum absolute atomic E-state index is 0.0479. The second-order valence-corrected chi connectivity index (χ2v) is 6.01. The molecule has 0 aliphatic heterocycles. The van der Waals surface area contributed by atoms with E-state index >= 15 is 0 Å². The number of methoxy groups -OCH3 is 1. The third kappa shape index (κ3) is 4.03. The number of hydrogen-bond acceptors (Lipinski definition) is 4. The fourth-order valence-electron chi connectivity index (χ4n) is 1.61. The average molecular weight is 272 g/mol. The molecule has 1 rings (SSSR count). The standard InChI is InChI=1S/C12H16O5S/c1-17-11-7-6-10(18(2,15)16)8-9(11)4-3-5-12(13)14/h6-8H,3-5H2,1-2H3,(H,13,14). The van der Waals surface area contributed by atoms with Gasteiger partial charge in [-0.3, -0.25) is 4.79 Å². The predicted molar refractivity (Wildman–Crippen MR) is 66.7 cm³/mol. The molecule has 1 aromatic carbocycles. The second-order valence-electron chi connectivity index (χ2n) is 3.99. The van der Waals surface area contributed by atoms with Crippen molar-refractivity contribution in [3.8, 4) is 5.75 Å². The highest BCUT2D eigenvalue weighted by Gasteiger charge is 2.11. The van der Waals surface area contributed by atoms with Crippen LogP contribution in [0.15, 0.2) is 23.1 Å². The van der Waals surface area contributed by atoms with E-state index in [4.69, 9.17) is 9.84 Å². The zero-order chi connectivity index (χ0) is 13.8. The van der Waals surface area contributed by atoms with Crippen LogP contribution >= 0.6 is 0 Å². The molecule has 1 aromatic rings. The zero-order valence-electron chi connectivity index (χ0n) is 10.3. The van der Waals surface area contributed by atoms with E-state index < -0.39 is 15.8 Å². The Morgan fingerprint density at radius 3 is 2.56 bits per heavy atom. The van der Waals surface area contributed by atoms with E-state index in [0.29, 0.717) is 24.2 Å². The second kappa shape index (κ2) is 5.86. The molecule has 1 N–H and O–H groups in total. The minimum Gasteiger partial charge on any atom is -0.496 e. The molecule has 0 amide bonds. The topological polar surface area (TPSA) is 80.7 Å². The molecule has 0 atom stereocenters. The molecule has 0 radical (unpaired) electrons. The third-order valence-corrected chi connectivity index (χ3v) is 3.63. The number of sulfone groups is 1. The highest BCUT2D eigenvalue weighted by atomic mass is 32.2. The van der Waals surface area contributed by atoms with Crippen LogP contribution in [0, 0.1) is 0 Å². The highest BCUT2D eigenvalue weighted by Crippen LogP contribution is 2.24. The number of aliphatic carboxylic acids is 1. The Bertz CT molecular complexity index is 533. The summed E-state index contributed by atoms with van der Waals surface area (Å²) in [5.74, 6) is -0.291. The monoisotopic (exact) mass is 272 g/mol. The molecule has 18 heavy (non-hydrogen) atoms. The van der Waals surface area contributed by atoms with Gasteiger partial charge < -0.3 is 9.84 Å². The van der Waals surface area contributed by atoms with Crippen LogP contribution in [0.4, 0.5) is 0 Å². The lowest BCUT2D eigenvalue weighted by Crippen LogP contribution is -2.01. The summed E-state index contributed by atoms with van der Waals surface area (Å²) in [6.07, 6.45) is 2.10. The van der Waals surface area contributed by atoms with Gasteiger partial charge in [-0.05, 0) is 36.6 Å². The molecular weight excluding hydrogens is 256 g/mol. The Kier molecular flexibility index (Phi) is 4.72. The molecule has 0 saturated carbocycles. The number of benzene rings is 1. The van der Waals surface area contributed by atoms with Gasteiger partial charge in [-0.25, -0.2) is 8.42 Å². The lowest BCUT2D eigenvalue weighted by Gasteiger charge is -2.09. The molecule has 0 aliphatic carbocycles. The quantitative estimate of drug-likeness (QED) is 0.849. The van der Waals surface area contributed by atoms with Crippen LogP contribution < -0.4 is 4.74 Å². The number of carboxylic acid groups (broad SMARTS) is 1. The van der Waals surface area contributed by atoms with Crippen LogP contribution in [0.5, 0.6) is 5.75 Å². The molecule has 6 heteroatoms. The summed E-state index contributed by atoms with van der Waals surface area (Å²) in [5.41, 5.74) is 0.710. The zero-order valence-corrected chi connectivity index (χ0v) is 11.2. The van der Waals surface area contributed by atoms with Gasteiger partial charge in [0.1, 0.15) is 5.75 Å². The molecule has 0 saturated heterocycles. The van der Waals surface area contributed by atoms with Gasteiger partial charge in [0.25, 0.3) is 0 Å². The predicted octanol–water partition coefficient (Wildman–Crippen LogP) is 1.51. The molecule has 0 heterocycles. The van der Waals surface area contributed by atoms with Crippen molar-refractivity contribution >= 4 is 15.8 Å². The minimum atomic E-state index is -3.26. The van der Waals surface area contributed by atoms with Gasteiger partial charge in [-0.2, -0.15) is 0 Å². The maximum atomic E-state index is 11.4. The van der Waals surface area contributed by atoms with E-state index in [9.17, 15) is 13.2 Å². The van der Waals surface area contributed by atoms with Crippen LogP contribution in [0.3, 0.4) is 0 Å². The Labute approximate surface area is 106 Å². The first-order valence-corrected chi connectivity index (χ1v) is 7.32. The maximum absolute atomic E-state index is 11.4. The lowest BCUT2D eigenvalue weighted by atomic mass is 10.1. The van der Waals surface area contributed by atoms with E-state index in [0.717, 1.165) is 6.26 Å². The molecule has 0 aliphatic rings. The Morgan fingerprint density at radius 2 is 2.06 bits per heavy atom. The molecule has 0 aromatic heterocycles. The fourth-order valence-corrected chi connectivity index (χ4v) is 2.28.